The van der Waals surface area contributed by atoms with Crippen molar-refractivity contribution in [3.8, 4) is 0 Å². The number of allylic oxidation sites excluding steroid dienone is 3. The van der Waals surface area contributed by atoms with Gasteiger partial charge >= 0.3 is 0 Å². The van der Waals surface area contributed by atoms with Crippen LogP contribution in [0.2, 0.25) is 0 Å². The third kappa shape index (κ3) is 2.81. The fourth-order valence-corrected chi connectivity index (χ4v) is 4.81. The molecule has 0 radical (unpaired) electrons. The maximum absolute atomic E-state index is 11.9. The zero-order valence-corrected chi connectivity index (χ0v) is 13.9. The van der Waals surface area contributed by atoms with E-state index in [0.29, 0.717) is 12.2 Å². The Bertz CT molecular complexity index is 561. The average Bonchev–Trinajstić information content (AvgIpc) is 2.52. The quantitative estimate of drug-likeness (QED) is 0.675. The van der Waals surface area contributed by atoms with Crippen LogP contribution in [0.15, 0.2) is 22.3 Å². The lowest BCUT2D eigenvalue weighted by atomic mass is 9.74. The van der Waals surface area contributed by atoms with Crippen LogP contribution >= 0.6 is 0 Å². The van der Waals surface area contributed by atoms with E-state index in [-0.39, 0.29) is 16.6 Å². The van der Waals surface area contributed by atoms with Crippen molar-refractivity contribution >= 4 is 9.84 Å². The molecule has 1 heterocycles. The molecule has 2 rings (SSSR count). The standard InChI is InChI=1S/C16H26O2S/c1-15(2,3)13-9-11-10-19(17,18)8-7-12(11)14(13)16(4,5)6/h7-10H2,1-6H3. The van der Waals surface area contributed by atoms with Gasteiger partial charge in [0.25, 0.3) is 0 Å². The Labute approximate surface area is 117 Å². The van der Waals surface area contributed by atoms with E-state index in [0.717, 1.165) is 6.42 Å². The largest absolute Gasteiger partial charge is 0.228 e. The van der Waals surface area contributed by atoms with Crippen molar-refractivity contribution in [2.45, 2.75) is 54.4 Å². The van der Waals surface area contributed by atoms with Crippen LogP contribution in [0.25, 0.3) is 0 Å². The molecule has 0 atom stereocenters. The van der Waals surface area contributed by atoms with E-state index >= 15 is 0 Å². The predicted molar refractivity (Wildman–Crippen MR) is 80.8 cm³/mol. The third-order valence-corrected chi connectivity index (χ3v) is 5.75. The van der Waals surface area contributed by atoms with Crippen LogP contribution in [0, 0.1) is 10.8 Å². The van der Waals surface area contributed by atoms with Crippen molar-refractivity contribution in [2.24, 2.45) is 10.8 Å². The molecule has 0 unspecified atom stereocenters. The molecule has 1 aliphatic carbocycles. The highest BCUT2D eigenvalue weighted by molar-refractivity contribution is 7.91. The van der Waals surface area contributed by atoms with Gasteiger partial charge in [-0.2, -0.15) is 0 Å². The number of hydrogen-bond acceptors (Lipinski definition) is 2. The zero-order valence-electron chi connectivity index (χ0n) is 13.1. The SMILES string of the molecule is CC(C)(C)C1=C(C(C)(C)C)C2=C(C1)CS(=O)(=O)CC2. The molecule has 0 aromatic rings. The van der Waals surface area contributed by atoms with E-state index in [9.17, 15) is 8.42 Å². The minimum absolute atomic E-state index is 0.0980. The first-order valence-electron chi connectivity index (χ1n) is 7.07. The molecule has 0 saturated carbocycles. The molecule has 2 nitrogen and oxygen atoms in total. The first kappa shape index (κ1) is 14.8. The van der Waals surface area contributed by atoms with Gasteiger partial charge in [-0.15, -0.1) is 0 Å². The smallest absolute Gasteiger partial charge is 0.154 e. The highest BCUT2D eigenvalue weighted by atomic mass is 32.2. The van der Waals surface area contributed by atoms with E-state index in [1.165, 1.54) is 22.3 Å². The van der Waals surface area contributed by atoms with Crippen LogP contribution in [-0.2, 0) is 9.84 Å². The lowest BCUT2D eigenvalue weighted by molar-refractivity contribution is 0.448. The minimum atomic E-state index is -2.86. The van der Waals surface area contributed by atoms with Gasteiger partial charge < -0.3 is 0 Å². The van der Waals surface area contributed by atoms with Crippen LogP contribution in [0.5, 0.6) is 0 Å². The second kappa shape index (κ2) is 4.21. The van der Waals surface area contributed by atoms with Gasteiger partial charge in [-0.05, 0) is 40.4 Å². The monoisotopic (exact) mass is 282 g/mol. The minimum Gasteiger partial charge on any atom is -0.228 e. The molecule has 0 fully saturated rings. The highest BCUT2D eigenvalue weighted by Gasteiger charge is 2.39. The Morgan fingerprint density at radius 2 is 1.53 bits per heavy atom. The number of sulfone groups is 1. The lowest BCUT2D eigenvalue weighted by Gasteiger charge is -2.31. The molecule has 0 bridgehead atoms. The second-order valence-corrected chi connectivity index (χ2v) is 10.1. The molecule has 0 aromatic heterocycles. The van der Waals surface area contributed by atoms with Gasteiger partial charge in [0.15, 0.2) is 9.84 Å². The van der Waals surface area contributed by atoms with Gasteiger partial charge in [0.2, 0.25) is 0 Å². The summed E-state index contributed by atoms with van der Waals surface area (Å²) >= 11 is 0. The van der Waals surface area contributed by atoms with E-state index in [1.54, 1.807) is 0 Å². The molecule has 0 amide bonds. The summed E-state index contributed by atoms with van der Waals surface area (Å²) in [7, 11) is -2.86. The molecule has 19 heavy (non-hydrogen) atoms. The van der Waals surface area contributed by atoms with Gasteiger partial charge in [0.1, 0.15) is 0 Å². The summed E-state index contributed by atoms with van der Waals surface area (Å²) < 4.78 is 23.7. The van der Waals surface area contributed by atoms with Crippen LogP contribution < -0.4 is 0 Å². The predicted octanol–water partition coefficient (Wildman–Crippen LogP) is 3.89. The Hall–Kier alpha value is -0.570. The van der Waals surface area contributed by atoms with Crippen LogP contribution in [0.3, 0.4) is 0 Å². The molecule has 3 heteroatoms. The first-order valence-corrected chi connectivity index (χ1v) is 8.90. The summed E-state index contributed by atoms with van der Waals surface area (Å²) in [6, 6.07) is 0. The molecule has 0 spiro atoms. The summed E-state index contributed by atoms with van der Waals surface area (Å²) in [4.78, 5) is 0. The lowest BCUT2D eigenvalue weighted by Crippen LogP contribution is -2.21. The Morgan fingerprint density at radius 1 is 0.947 bits per heavy atom. The van der Waals surface area contributed by atoms with Crippen LogP contribution in [0.1, 0.15) is 54.4 Å². The van der Waals surface area contributed by atoms with Crippen molar-refractivity contribution in [1.29, 1.82) is 0 Å². The maximum atomic E-state index is 11.9. The molecule has 108 valence electrons. The fourth-order valence-electron chi connectivity index (χ4n) is 3.35. The molecular formula is C16H26O2S. The van der Waals surface area contributed by atoms with Crippen LogP contribution in [0.4, 0.5) is 0 Å². The van der Waals surface area contributed by atoms with Gasteiger partial charge in [0.05, 0.1) is 11.5 Å². The molecular weight excluding hydrogens is 256 g/mol. The average molecular weight is 282 g/mol. The van der Waals surface area contributed by atoms with E-state index < -0.39 is 9.84 Å². The Morgan fingerprint density at radius 3 is 2.00 bits per heavy atom. The summed E-state index contributed by atoms with van der Waals surface area (Å²) in [5, 5.41) is 0. The molecule has 0 saturated heterocycles. The number of rotatable bonds is 0. The van der Waals surface area contributed by atoms with Crippen LogP contribution in [-0.4, -0.2) is 19.9 Å². The third-order valence-electron chi connectivity index (χ3n) is 4.13. The van der Waals surface area contributed by atoms with Crippen molar-refractivity contribution in [3.63, 3.8) is 0 Å². The Kier molecular flexibility index (Phi) is 3.29. The van der Waals surface area contributed by atoms with Gasteiger partial charge in [0, 0.05) is 0 Å². The Balaban J connectivity index is 2.54. The molecule has 0 N–H and O–H groups in total. The second-order valence-electron chi connectivity index (χ2n) is 7.95. The summed E-state index contributed by atoms with van der Waals surface area (Å²) in [6.45, 7) is 13.4. The van der Waals surface area contributed by atoms with Gasteiger partial charge in [-0.25, -0.2) is 8.42 Å². The summed E-state index contributed by atoms with van der Waals surface area (Å²) in [6.07, 6.45) is 1.58. The van der Waals surface area contributed by atoms with Crippen molar-refractivity contribution in [2.75, 3.05) is 11.5 Å². The van der Waals surface area contributed by atoms with E-state index in [2.05, 4.69) is 41.5 Å². The van der Waals surface area contributed by atoms with Crippen molar-refractivity contribution in [1.82, 2.24) is 0 Å². The molecule has 0 aromatic carbocycles. The first-order chi connectivity index (χ1) is 8.42. The highest BCUT2D eigenvalue weighted by Crippen LogP contribution is 2.51. The topological polar surface area (TPSA) is 34.1 Å². The van der Waals surface area contributed by atoms with E-state index in [1.807, 2.05) is 0 Å². The van der Waals surface area contributed by atoms with Crippen molar-refractivity contribution < 1.29 is 8.42 Å². The summed E-state index contributed by atoms with van der Waals surface area (Å²) in [5.74, 6) is 0.602. The number of hydrogen-bond donors (Lipinski definition) is 0. The summed E-state index contributed by atoms with van der Waals surface area (Å²) in [5.41, 5.74) is 5.62. The van der Waals surface area contributed by atoms with Gasteiger partial charge in [-0.1, -0.05) is 47.1 Å². The van der Waals surface area contributed by atoms with Crippen molar-refractivity contribution in [3.05, 3.63) is 22.3 Å². The maximum Gasteiger partial charge on any atom is 0.154 e. The molecule has 2 aliphatic rings. The van der Waals surface area contributed by atoms with Gasteiger partial charge in [-0.3, -0.25) is 0 Å². The zero-order chi connectivity index (χ0) is 14.6. The normalized spacial score (nSPS) is 23.9. The fraction of sp³-hybridized carbons (Fsp3) is 0.750. The van der Waals surface area contributed by atoms with E-state index in [4.69, 9.17) is 0 Å². The molecule has 1 aliphatic heterocycles.